The van der Waals surface area contributed by atoms with Gasteiger partial charge in [0, 0.05) is 13.2 Å². The second-order valence-corrected chi connectivity index (χ2v) is 2.63. The number of pyridine rings is 1. The van der Waals surface area contributed by atoms with Crippen molar-refractivity contribution in [3.05, 3.63) is 30.1 Å². The second-order valence-electron chi connectivity index (χ2n) is 2.63. The monoisotopic (exact) mass is 174 g/mol. The highest BCUT2D eigenvalue weighted by Gasteiger charge is 2.05. The average molecular weight is 174 g/mol. The third kappa shape index (κ3) is 2.60. The van der Waals surface area contributed by atoms with E-state index in [1.54, 1.807) is 13.2 Å². The number of hydrogen-bond acceptors (Lipinski definition) is 2. The van der Waals surface area contributed by atoms with Gasteiger partial charge in [0.1, 0.15) is 0 Å². The molecule has 0 atom stereocenters. The highest BCUT2D eigenvalue weighted by atomic mass is 16.2. The van der Waals surface area contributed by atoms with Crippen molar-refractivity contribution in [1.82, 2.24) is 9.88 Å². The Morgan fingerprint density at radius 3 is 3.00 bits per heavy atom. The molecule has 13 heavy (non-hydrogen) atoms. The van der Waals surface area contributed by atoms with Gasteiger partial charge in [-0.15, -0.1) is 6.42 Å². The van der Waals surface area contributed by atoms with E-state index in [4.69, 9.17) is 6.42 Å². The summed E-state index contributed by atoms with van der Waals surface area (Å²) in [5, 5.41) is 0. The predicted molar refractivity (Wildman–Crippen MR) is 49.5 cm³/mol. The molecule has 1 rings (SSSR count). The fourth-order valence-corrected chi connectivity index (χ4v) is 0.917. The Morgan fingerprint density at radius 2 is 2.46 bits per heavy atom. The molecule has 0 radical (unpaired) electrons. The van der Waals surface area contributed by atoms with E-state index in [1.165, 1.54) is 4.90 Å². The molecule has 0 saturated heterocycles. The predicted octanol–water partition coefficient (Wildman–Crippen LogP) is 0.673. The molecule has 0 N–H and O–H groups in total. The van der Waals surface area contributed by atoms with Gasteiger partial charge in [-0.2, -0.15) is 0 Å². The molecule has 1 aromatic rings. The van der Waals surface area contributed by atoms with Gasteiger partial charge >= 0.3 is 0 Å². The fourth-order valence-electron chi connectivity index (χ4n) is 0.917. The lowest BCUT2D eigenvalue weighted by atomic mass is 10.3. The molecule has 66 valence electrons. The van der Waals surface area contributed by atoms with Gasteiger partial charge in [0.15, 0.2) is 0 Å². The van der Waals surface area contributed by atoms with Crippen LogP contribution in [-0.4, -0.2) is 22.8 Å². The Morgan fingerprint density at radius 1 is 1.69 bits per heavy atom. The van der Waals surface area contributed by atoms with Crippen molar-refractivity contribution in [1.29, 1.82) is 0 Å². The molecule has 0 aromatic carbocycles. The van der Waals surface area contributed by atoms with Crippen LogP contribution in [0.2, 0.25) is 0 Å². The maximum Gasteiger partial charge on any atom is 0.298 e. The Labute approximate surface area is 77.4 Å². The zero-order valence-electron chi connectivity index (χ0n) is 7.40. The first-order valence-electron chi connectivity index (χ1n) is 3.85. The van der Waals surface area contributed by atoms with Gasteiger partial charge in [0.05, 0.1) is 12.2 Å². The van der Waals surface area contributed by atoms with Crippen LogP contribution in [0.4, 0.5) is 0 Å². The third-order valence-electron chi connectivity index (χ3n) is 1.60. The van der Waals surface area contributed by atoms with E-state index >= 15 is 0 Å². The summed E-state index contributed by atoms with van der Waals surface area (Å²) < 4.78 is 0. The third-order valence-corrected chi connectivity index (χ3v) is 1.60. The lowest BCUT2D eigenvalue weighted by molar-refractivity contribution is -0.124. The van der Waals surface area contributed by atoms with Gasteiger partial charge in [-0.3, -0.25) is 9.78 Å². The van der Waals surface area contributed by atoms with Gasteiger partial charge in [0.2, 0.25) is 0 Å². The summed E-state index contributed by atoms with van der Waals surface area (Å²) in [6.45, 7) is 0.448. The maximum atomic E-state index is 11.0. The minimum Gasteiger partial charge on any atom is -0.329 e. The summed E-state index contributed by atoms with van der Waals surface area (Å²) in [4.78, 5) is 16.5. The molecule has 0 spiro atoms. The molecule has 3 heteroatoms. The van der Waals surface area contributed by atoms with Crippen LogP contribution in [0.5, 0.6) is 0 Å². The van der Waals surface area contributed by atoms with Crippen LogP contribution in [0.25, 0.3) is 0 Å². The fraction of sp³-hybridized carbons (Fsp3) is 0.200. The molecule has 1 heterocycles. The molecule has 0 aliphatic rings. The SMILES string of the molecule is C#CC(=O)N(C)Cc1ccccn1. The molecule has 3 nitrogen and oxygen atoms in total. The zero-order valence-corrected chi connectivity index (χ0v) is 7.40. The normalized spacial score (nSPS) is 8.92. The van der Waals surface area contributed by atoms with E-state index in [0.29, 0.717) is 6.54 Å². The van der Waals surface area contributed by atoms with E-state index in [9.17, 15) is 4.79 Å². The summed E-state index contributed by atoms with van der Waals surface area (Å²) in [6.07, 6.45) is 6.65. The van der Waals surface area contributed by atoms with Crippen LogP contribution >= 0.6 is 0 Å². The molecule has 1 amide bonds. The van der Waals surface area contributed by atoms with Crippen molar-refractivity contribution in [2.24, 2.45) is 0 Å². The van der Waals surface area contributed by atoms with Crippen LogP contribution in [0.15, 0.2) is 24.4 Å². The summed E-state index contributed by atoms with van der Waals surface area (Å²) in [5.41, 5.74) is 0.827. The average Bonchev–Trinajstić information content (AvgIpc) is 2.18. The van der Waals surface area contributed by atoms with Crippen LogP contribution in [0.1, 0.15) is 5.69 Å². The summed E-state index contributed by atoms with van der Waals surface area (Å²) >= 11 is 0. The van der Waals surface area contributed by atoms with E-state index in [-0.39, 0.29) is 5.91 Å². The number of nitrogens with zero attached hydrogens (tertiary/aromatic N) is 2. The number of hydrogen-bond donors (Lipinski definition) is 0. The Hall–Kier alpha value is -1.82. The smallest absolute Gasteiger partial charge is 0.298 e. The Bertz CT molecular complexity index is 327. The van der Waals surface area contributed by atoms with Gasteiger partial charge in [-0.25, -0.2) is 0 Å². The lowest BCUT2D eigenvalue weighted by Crippen LogP contribution is -2.24. The van der Waals surface area contributed by atoms with Crippen LogP contribution < -0.4 is 0 Å². The molecule has 1 aromatic heterocycles. The summed E-state index contributed by atoms with van der Waals surface area (Å²) in [6, 6.07) is 5.54. The summed E-state index contributed by atoms with van der Waals surface area (Å²) in [7, 11) is 1.65. The van der Waals surface area contributed by atoms with Crippen LogP contribution in [0.3, 0.4) is 0 Å². The highest BCUT2D eigenvalue weighted by molar-refractivity contribution is 5.92. The van der Waals surface area contributed by atoms with Gasteiger partial charge in [-0.1, -0.05) is 6.07 Å². The first-order valence-corrected chi connectivity index (χ1v) is 3.85. The summed E-state index contributed by atoms with van der Waals surface area (Å²) in [5.74, 6) is 1.72. The number of aromatic nitrogens is 1. The molecule has 0 aliphatic carbocycles. The van der Waals surface area contributed by atoms with Crippen molar-refractivity contribution >= 4 is 5.91 Å². The van der Waals surface area contributed by atoms with Crippen molar-refractivity contribution in [3.63, 3.8) is 0 Å². The molecule has 0 unspecified atom stereocenters. The highest BCUT2D eigenvalue weighted by Crippen LogP contribution is 1.98. The van der Waals surface area contributed by atoms with Crippen LogP contribution in [-0.2, 0) is 11.3 Å². The van der Waals surface area contributed by atoms with Crippen molar-refractivity contribution < 1.29 is 4.79 Å². The number of rotatable bonds is 2. The van der Waals surface area contributed by atoms with Gasteiger partial charge in [-0.05, 0) is 18.1 Å². The van der Waals surface area contributed by atoms with E-state index in [2.05, 4.69) is 4.98 Å². The van der Waals surface area contributed by atoms with Gasteiger partial charge < -0.3 is 4.90 Å². The first kappa shape index (κ1) is 9.27. The zero-order chi connectivity index (χ0) is 9.68. The number of terminal acetylenes is 1. The lowest BCUT2D eigenvalue weighted by Gasteiger charge is -2.12. The minimum absolute atomic E-state index is 0.328. The molecule has 0 fully saturated rings. The van der Waals surface area contributed by atoms with E-state index < -0.39 is 0 Å². The van der Waals surface area contributed by atoms with Crippen molar-refractivity contribution in [2.75, 3.05) is 7.05 Å². The van der Waals surface area contributed by atoms with Crippen LogP contribution in [0, 0.1) is 12.3 Å². The topological polar surface area (TPSA) is 33.2 Å². The van der Waals surface area contributed by atoms with Crippen molar-refractivity contribution in [3.8, 4) is 12.3 Å². The molecule has 0 aliphatic heterocycles. The second kappa shape index (κ2) is 4.27. The molecule has 0 bridgehead atoms. The molecular formula is C10H10N2O. The van der Waals surface area contributed by atoms with E-state index in [0.717, 1.165) is 5.69 Å². The largest absolute Gasteiger partial charge is 0.329 e. The van der Waals surface area contributed by atoms with Gasteiger partial charge in [0.25, 0.3) is 5.91 Å². The molecular weight excluding hydrogens is 164 g/mol. The van der Waals surface area contributed by atoms with E-state index in [1.807, 2.05) is 24.1 Å². The Balaban J connectivity index is 2.61. The number of amides is 1. The minimum atomic E-state index is -0.328. The van der Waals surface area contributed by atoms with Crippen molar-refractivity contribution in [2.45, 2.75) is 6.54 Å². The Kier molecular flexibility index (Phi) is 3.04. The number of carbonyl (C=O) groups excluding carboxylic acids is 1. The quantitative estimate of drug-likeness (QED) is 0.617. The number of carbonyl (C=O) groups is 1. The maximum absolute atomic E-state index is 11.0. The first-order chi connectivity index (χ1) is 6.24. The molecule has 0 saturated carbocycles. The standard InChI is InChI=1S/C10H10N2O/c1-3-10(13)12(2)8-9-6-4-5-7-11-9/h1,4-7H,8H2,2H3.